The van der Waals surface area contributed by atoms with Gasteiger partial charge in [0.25, 0.3) is 0 Å². The second-order valence-electron chi connectivity index (χ2n) is 6.96. The first-order chi connectivity index (χ1) is 13.8. The van der Waals surface area contributed by atoms with Crippen LogP contribution >= 0.6 is 11.8 Å². The van der Waals surface area contributed by atoms with Gasteiger partial charge < -0.3 is 10.1 Å². The van der Waals surface area contributed by atoms with E-state index in [2.05, 4.69) is 10.3 Å². The van der Waals surface area contributed by atoms with Gasteiger partial charge >= 0.3 is 0 Å². The molecule has 0 saturated carbocycles. The molecule has 1 aromatic carbocycles. The van der Waals surface area contributed by atoms with E-state index in [0.717, 1.165) is 22.4 Å². The zero-order valence-electron chi connectivity index (χ0n) is 16.8. The predicted molar refractivity (Wildman–Crippen MR) is 114 cm³/mol. The van der Waals surface area contributed by atoms with Gasteiger partial charge in [0, 0.05) is 25.0 Å². The summed E-state index contributed by atoms with van der Waals surface area (Å²) in [6.45, 7) is 7.45. The van der Waals surface area contributed by atoms with E-state index in [4.69, 9.17) is 4.74 Å². The van der Waals surface area contributed by atoms with E-state index in [1.54, 1.807) is 6.07 Å². The van der Waals surface area contributed by atoms with Crippen LogP contribution in [-0.4, -0.2) is 55.7 Å². The van der Waals surface area contributed by atoms with Crippen molar-refractivity contribution in [2.24, 2.45) is 0 Å². The van der Waals surface area contributed by atoms with Gasteiger partial charge in [0.2, 0.25) is 15.9 Å². The average Bonchev–Trinajstić information content (AvgIpc) is 2.70. The maximum Gasteiger partial charge on any atom is 0.244 e. The molecular formula is C20H25N3O4S2. The molecule has 0 radical (unpaired) electrons. The predicted octanol–water partition coefficient (Wildman–Crippen LogP) is 2.76. The monoisotopic (exact) mass is 435 g/mol. The van der Waals surface area contributed by atoms with Crippen LogP contribution in [0.25, 0.3) is 0 Å². The number of thioether (sulfide) groups is 1. The number of aromatic nitrogens is 1. The Morgan fingerprint density at radius 1 is 1.17 bits per heavy atom. The Kier molecular flexibility index (Phi) is 6.94. The van der Waals surface area contributed by atoms with Crippen LogP contribution in [0.15, 0.2) is 40.4 Å². The van der Waals surface area contributed by atoms with E-state index >= 15 is 0 Å². The van der Waals surface area contributed by atoms with E-state index in [1.807, 2.05) is 32.9 Å². The smallest absolute Gasteiger partial charge is 0.244 e. The van der Waals surface area contributed by atoms with Gasteiger partial charge in [-0.15, -0.1) is 0 Å². The fraction of sp³-hybridized carbons (Fsp3) is 0.400. The molecule has 1 aromatic heterocycles. The minimum atomic E-state index is -3.56. The summed E-state index contributed by atoms with van der Waals surface area (Å²) in [6, 6.07) is 7.23. The maximum absolute atomic E-state index is 12.6. The summed E-state index contributed by atoms with van der Waals surface area (Å²) in [6.07, 6.45) is 1.35. The lowest BCUT2D eigenvalue weighted by Gasteiger charge is -2.25. The van der Waals surface area contributed by atoms with Gasteiger partial charge in [-0.25, -0.2) is 13.4 Å². The molecule has 1 aliphatic rings. The molecular weight excluding hydrogens is 410 g/mol. The number of anilines is 1. The van der Waals surface area contributed by atoms with Crippen molar-refractivity contribution in [3.05, 3.63) is 47.2 Å². The summed E-state index contributed by atoms with van der Waals surface area (Å²) >= 11 is 1.27. The molecule has 7 nitrogen and oxygen atoms in total. The standard InChI is InChI=1S/C20H25N3O4S2/c1-14-10-15(2)20(16(3)11-14)22-18(24)13-28-19-5-4-17(12-21-19)29(25,26)23-6-8-27-9-7-23/h4-5,10-12H,6-9,13H2,1-3H3,(H,22,24). The fourth-order valence-corrected chi connectivity index (χ4v) is 5.23. The molecule has 1 fully saturated rings. The molecule has 2 aromatic rings. The summed E-state index contributed by atoms with van der Waals surface area (Å²) < 4.78 is 31.8. The molecule has 1 saturated heterocycles. The van der Waals surface area contributed by atoms with Crippen molar-refractivity contribution >= 4 is 33.4 Å². The summed E-state index contributed by atoms with van der Waals surface area (Å²) in [4.78, 5) is 16.7. The van der Waals surface area contributed by atoms with Crippen molar-refractivity contribution in [2.75, 3.05) is 37.4 Å². The van der Waals surface area contributed by atoms with Gasteiger partial charge in [0.15, 0.2) is 0 Å². The minimum absolute atomic E-state index is 0.128. The molecule has 0 atom stereocenters. The van der Waals surface area contributed by atoms with Gasteiger partial charge in [-0.3, -0.25) is 4.79 Å². The third-order valence-electron chi connectivity index (χ3n) is 4.61. The summed E-state index contributed by atoms with van der Waals surface area (Å²) in [5, 5.41) is 3.55. The van der Waals surface area contributed by atoms with Crippen LogP contribution in [0.3, 0.4) is 0 Å². The third-order valence-corrected chi connectivity index (χ3v) is 7.44. The van der Waals surface area contributed by atoms with Crippen LogP contribution in [0, 0.1) is 20.8 Å². The van der Waals surface area contributed by atoms with Crippen LogP contribution in [-0.2, 0) is 19.6 Å². The number of nitrogens with zero attached hydrogens (tertiary/aromatic N) is 2. The Morgan fingerprint density at radius 2 is 1.83 bits per heavy atom. The Balaban J connectivity index is 1.60. The highest BCUT2D eigenvalue weighted by atomic mass is 32.2. The van der Waals surface area contributed by atoms with Crippen LogP contribution < -0.4 is 5.32 Å². The molecule has 0 bridgehead atoms. The first-order valence-electron chi connectivity index (χ1n) is 9.32. The van der Waals surface area contributed by atoms with Crippen molar-refractivity contribution in [3.8, 4) is 0 Å². The lowest BCUT2D eigenvalue weighted by atomic mass is 10.1. The van der Waals surface area contributed by atoms with Crippen LogP contribution in [0.5, 0.6) is 0 Å². The first-order valence-corrected chi connectivity index (χ1v) is 11.7. The number of sulfonamides is 1. The number of ether oxygens (including phenoxy) is 1. The largest absolute Gasteiger partial charge is 0.379 e. The van der Waals surface area contributed by atoms with Gasteiger partial charge in [0.05, 0.1) is 24.0 Å². The average molecular weight is 436 g/mol. The Morgan fingerprint density at radius 3 is 2.41 bits per heavy atom. The molecule has 0 aliphatic carbocycles. The van der Waals surface area contributed by atoms with E-state index in [1.165, 1.54) is 28.3 Å². The summed E-state index contributed by atoms with van der Waals surface area (Å²) in [5.41, 5.74) is 4.04. The third kappa shape index (κ3) is 5.36. The normalized spacial score (nSPS) is 15.3. The molecule has 1 amide bonds. The van der Waals surface area contributed by atoms with Gasteiger partial charge in [-0.1, -0.05) is 29.5 Å². The molecule has 3 rings (SSSR count). The van der Waals surface area contributed by atoms with E-state index in [9.17, 15) is 13.2 Å². The SMILES string of the molecule is Cc1cc(C)c(NC(=O)CSc2ccc(S(=O)(=O)N3CCOCC3)cn2)c(C)c1. The number of carbonyl (C=O) groups is 1. The second kappa shape index (κ2) is 9.25. The number of pyridine rings is 1. The number of aryl methyl sites for hydroxylation is 3. The van der Waals surface area contributed by atoms with Crippen molar-refractivity contribution < 1.29 is 17.9 Å². The summed E-state index contributed by atoms with van der Waals surface area (Å²) in [5.74, 6) is 0.0619. The Labute approximate surface area is 175 Å². The molecule has 1 aliphatic heterocycles. The number of nitrogens with one attached hydrogen (secondary N) is 1. The van der Waals surface area contributed by atoms with Crippen molar-refractivity contribution in [1.29, 1.82) is 0 Å². The van der Waals surface area contributed by atoms with Crippen molar-refractivity contribution in [1.82, 2.24) is 9.29 Å². The highest BCUT2D eigenvalue weighted by molar-refractivity contribution is 7.99. The molecule has 2 heterocycles. The second-order valence-corrected chi connectivity index (χ2v) is 9.89. The van der Waals surface area contributed by atoms with Gasteiger partial charge in [-0.2, -0.15) is 4.31 Å². The molecule has 0 unspecified atom stereocenters. The van der Waals surface area contributed by atoms with E-state index < -0.39 is 10.0 Å². The van der Waals surface area contributed by atoms with Crippen LogP contribution in [0.4, 0.5) is 5.69 Å². The molecule has 0 spiro atoms. The van der Waals surface area contributed by atoms with Crippen molar-refractivity contribution in [3.63, 3.8) is 0 Å². The number of amides is 1. The van der Waals surface area contributed by atoms with E-state index in [-0.39, 0.29) is 16.6 Å². The van der Waals surface area contributed by atoms with E-state index in [0.29, 0.717) is 31.3 Å². The van der Waals surface area contributed by atoms with Crippen LogP contribution in [0.2, 0.25) is 0 Å². The quantitative estimate of drug-likeness (QED) is 0.702. The topological polar surface area (TPSA) is 88.6 Å². The highest BCUT2D eigenvalue weighted by Gasteiger charge is 2.26. The minimum Gasteiger partial charge on any atom is -0.379 e. The Hall–Kier alpha value is -1.94. The Bertz CT molecular complexity index is 962. The number of rotatable bonds is 6. The lowest BCUT2D eigenvalue weighted by molar-refractivity contribution is -0.113. The number of hydrogen-bond acceptors (Lipinski definition) is 6. The molecule has 156 valence electrons. The lowest BCUT2D eigenvalue weighted by Crippen LogP contribution is -2.40. The fourth-order valence-electron chi connectivity index (χ4n) is 3.23. The molecule has 9 heteroatoms. The first kappa shape index (κ1) is 21.8. The number of morpholine rings is 1. The zero-order valence-corrected chi connectivity index (χ0v) is 18.4. The number of benzene rings is 1. The number of carbonyl (C=O) groups excluding carboxylic acids is 1. The van der Waals surface area contributed by atoms with Gasteiger partial charge in [-0.05, 0) is 44.0 Å². The molecule has 1 N–H and O–H groups in total. The van der Waals surface area contributed by atoms with Crippen LogP contribution in [0.1, 0.15) is 16.7 Å². The summed E-state index contributed by atoms with van der Waals surface area (Å²) in [7, 11) is -3.56. The zero-order chi connectivity index (χ0) is 21.0. The van der Waals surface area contributed by atoms with Gasteiger partial charge in [0.1, 0.15) is 4.90 Å². The molecule has 29 heavy (non-hydrogen) atoms. The van der Waals surface area contributed by atoms with Crippen molar-refractivity contribution in [2.45, 2.75) is 30.7 Å². The highest BCUT2D eigenvalue weighted by Crippen LogP contribution is 2.24. The maximum atomic E-state index is 12.6. The number of hydrogen-bond donors (Lipinski definition) is 1.